The zero-order chi connectivity index (χ0) is 21.1. The van der Waals surface area contributed by atoms with E-state index >= 15 is 0 Å². The van der Waals surface area contributed by atoms with Crippen molar-refractivity contribution in [3.8, 4) is 5.69 Å². The van der Waals surface area contributed by atoms with E-state index in [9.17, 15) is 9.59 Å². The lowest BCUT2D eigenvalue weighted by atomic mass is 10.1. The van der Waals surface area contributed by atoms with E-state index in [1.807, 2.05) is 73.3 Å². The highest BCUT2D eigenvalue weighted by molar-refractivity contribution is 7.99. The molecular weight excluding hydrogens is 386 g/mol. The molecule has 1 saturated heterocycles. The van der Waals surface area contributed by atoms with Gasteiger partial charge in [0.05, 0.1) is 5.75 Å². The number of aryl methyl sites for hydroxylation is 2. The average molecular weight is 416 g/mol. The molecule has 1 aliphatic rings. The Morgan fingerprint density at radius 3 is 2.45 bits per heavy atom. The van der Waals surface area contributed by atoms with Gasteiger partial charge in [-0.1, -0.05) is 43.3 Å². The molecule has 1 aromatic heterocycles. The average Bonchev–Trinajstić information content (AvgIpc) is 3.06. The van der Waals surface area contributed by atoms with Crippen LogP contribution in [-0.2, 0) is 9.59 Å². The Hall–Kier alpha value is -2.35. The van der Waals surface area contributed by atoms with Gasteiger partial charge in [-0.05, 0) is 32.9 Å². The lowest BCUT2D eigenvalue weighted by molar-refractivity contribution is -0.143. The van der Waals surface area contributed by atoms with E-state index < -0.39 is 0 Å². The number of hydrogen-bond donors (Lipinski definition) is 0. The number of benzene rings is 1. The van der Waals surface area contributed by atoms with Gasteiger partial charge in [0.25, 0.3) is 0 Å². The molecule has 2 heterocycles. The van der Waals surface area contributed by atoms with Crippen LogP contribution >= 0.6 is 11.8 Å². The van der Waals surface area contributed by atoms with Crippen LogP contribution in [0.15, 0.2) is 29.4 Å². The van der Waals surface area contributed by atoms with E-state index in [0.717, 1.165) is 11.5 Å². The summed E-state index contributed by atoms with van der Waals surface area (Å²) in [6, 6.07) is 8.20. The third-order valence-corrected chi connectivity index (χ3v) is 6.08. The Balaban J connectivity index is 1.62. The van der Waals surface area contributed by atoms with Crippen LogP contribution in [0.2, 0.25) is 0 Å². The largest absolute Gasteiger partial charge is 0.338 e. The minimum atomic E-state index is -0.0216. The second-order valence-electron chi connectivity index (χ2n) is 7.86. The summed E-state index contributed by atoms with van der Waals surface area (Å²) < 4.78 is 1.97. The first-order valence-electron chi connectivity index (χ1n) is 9.98. The number of carbonyl (C=O) groups is 2. The monoisotopic (exact) mass is 415 g/mol. The molecule has 0 aliphatic carbocycles. The van der Waals surface area contributed by atoms with E-state index in [-0.39, 0.29) is 23.8 Å². The van der Waals surface area contributed by atoms with Crippen molar-refractivity contribution >= 4 is 23.6 Å². The van der Waals surface area contributed by atoms with E-state index in [1.54, 1.807) is 0 Å². The van der Waals surface area contributed by atoms with Crippen molar-refractivity contribution in [2.24, 2.45) is 5.92 Å². The fraction of sp³-hybridized carbons (Fsp3) is 0.524. The number of aromatic nitrogens is 3. The highest BCUT2D eigenvalue weighted by atomic mass is 32.2. The van der Waals surface area contributed by atoms with E-state index in [0.29, 0.717) is 30.5 Å². The van der Waals surface area contributed by atoms with Crippen LogP contribution in [-0.4, -0.2) is 67.8 Å². The Labute approximate surface area is 176 Å². The van der Waals surface area contributed by atoms with E-state index in [1.165, 1.54) is 17.3 Å². The Morgan fingerprint density at radius 2 is 1.83 bits per heavy atom. The van der Waals surface area contributed by atoms with Gasteiger partial charge in [-0.3, -0.25) is 14.2 Å². The molecule has 0 radical (unpaired) electrons. The summed E-state index contributed by atoms with van der Waals surface area (Å²) in [5.74, 6) is 1.29. The van der Waals surface area contributed by atoms with Crippen LogP contribution in [0.1, 0.15) is 32.2 Å². The molecule has 3 rings (SSSR count). The van der Waals surface area contributed by atoms with Gasteiger partial charge in [0, 0.05) is 37.3 Å². The number of carbonyl (C=O) groups excluding carboxylic acids is 2. The standard InChI is InChI=1S/C21H29N5O2S/c1-14(2)20(28)25-11-10-24(12-16(25)4)19(27)13-29-21-23-22-17(5)26(21)18-8-6-15(3)7-9-18/h6-9,14,16H,10-13H2,1-5H3. The summed E-state index contributed by atoms with van der Waals surface area (Å²) in [6.07, 6.45) is 0. The Kier molecular flexibility index (Phi) is 6.62. The molecule has 1 aromatic carbocycles. The van der Waals surface area contributed by atoms with Gasteiger partial charge in [0.2, 0.25) is 11.8 Å². The molecule has 1 fully saturated rings. The maximum absolute atomic E-state index is 12.8. The Bertz CT molecular complexity index is 878. The van der Waals surface area contributed by atoms with Gasteiger partial charge < -0.3 is 9.80 Å². The number of nitrogens with zero attached hydrogens (tertiary/aromatic N) is 5. The van der Waals surface area contributed by atoms with Crippen LogP contribution in [0.3, 0.4) is 0 Å². The highest BCUT2D eigenvalue weighted by Gasteiger charge is 2.30. The van der Waals surface area contributed by atoms with Crippen molar-refractivity contribution in [1.29, 1.82) is 0 Å². The summed E-state index contributed by atoms with van der Waals surface area (Å²) in [5, 5.41) is 9.15. The van der Waals surface area contributed by atoms with Crippen LogP contribution in [0.25, 0.3) is 5.69 Å². The number of amides is 2. The topological polar surface area (TPSA) is 71.3 Å². The number of piperazine rings is 1. The lowest BCUT2D eigenvalue weighted by Crippen LogP contribution is -2.56. The molecule has 0 saturated carbocycles. The summed E-state index contributed by atoms with van der Waals surface area (Å²) in [6.45, 7) is 11.5. The van der Waals surface area contributed by atoms with E-state index in [4.69, 9.17) is 0 Å². The molecule has 2 aromatic rings. The molecule has 2 amide bonds. The van der Waals surface area contributed by atoms with Crippen molar-refractivity contribution in [3.05, 3.63) is 35.7 Å². The van der Waals surface area contributed by atoms with Crippen LogP contribution < -0.4 is 0 Å². The molecule has 8 heteroatoms. The van der Waals surface area contributed by atoms with Crippen molar-refractivity contribution < 1.29 is 9.59 Å². The predicted octanol–water partition coefficient (Wildman–Crippen LogP) is 2.69. The maximum atomic E-state index is 12.8. The minimum Gasteiger partial charge on any atom is -0.338 e. The second kappa shape index (κ2) is 8.98. The molecule has 0 bridgehead atoms. The summed E-state index contributed by atoms with van der Waals surface area (Å²) in [7, 11) is 0. The first-order valence-corrected chi connectivity index (χ1v) is 11.0. The molecule has 156 valence electrons. The Morgan fingerprint density at radius 1 is 1.14 bits per heavy atom. The zero-order valence-electron chi connectivity index (χ0n) is 17.8. The first kappa shape index (κ1) is 21.4. The molecular formula is C21H29N5O2S. The van der Waals surface area contributed by atoms with Crippen molar-refractivity contribution in [2.75, 3.05) is 25.4 Å². The van der Waals surface area contributed by atoms with Gasteiger partial charge >= 0.3 is 0 Å². The fourth-order valence-corrected chi connectivity index (χ4v) is 4.39. The smallest absolute Gasteiger partial charge is 0.233 e. The van der Waals surface area contributed by atoms with Crippen molar-refractivity contribution in [3.63, 3.8) is 0 Å². The summed E-state index contributed by atoms with van der Waals surface area (Å²) >= 11 is 1.40. The van der Waals surface area contributed by atoms with Crippen LogP contribution in [0.5, 0.6) is 0 Å². The van der Waals surface area contributed by atoms with Gasteiger partial charge in [0.1, 0.15) is 5.82 Å². The second-order valence-corrected chi connectivity index (χ2v) is 8.81. The highest BCUT2D eigenvalue weighted by Crippen LogP contribution is 2.23. The third-order valence-electron chi connectivity index (χ3n) is 5.17. The van der Waals surface area contributed by atoms with Gasteiger partial charge in [-0.15, -0.1) is 10.2 Å². The number of hydrogen-bond acceptors (Lipinski definition) is 5. The van der Waals surface area contributed by atoms with Crippen LogP contribution in [0, 0.1) is 19.8 Å². The number of rotatable bonds is 5. The number of thioether (sulfide) groups is 1. The van der Waals surface area contributed by atoms with Gasteiger partial charge in [0.15, 0.2) is 5.16 Å². The maximum Gasteiger partial charge on any atom is 0.233 e. The molecule has 0 N–H and O–H groups in total. The summed E-state index contributed by atoms with van der Waals surface area (Å²) in [4.78, 5) is 28.8. The predicted molar refractivity (Wildman–Crippen MR) is 114 cm³/mol. The fourth-order valence-electron chi connectivity index (χ4n) is 3.49. The molecule has 7 nitrogen and oxygen atoms in total. The minimum absolute atomic E-state index is 0.0216. The molecule has 1 unspecified atom stereocenters. The normalized spacial score (nSPS) is 17.1. The quantitative estimate of drug-likeness (QED) is 0.702. The van der Waals surface area contributed by atoms with Gasteiger partial charge in [-0.2, -0.15) is 0 Å². The molecule has 29 heavy (non-hydrogen) atoms. The third kappa shape index (κ3) is 4.80. The van der Waals surface area contributed by atoms with E-state index in [2.05, 4.69) is 10.2 Å². The van der Waals surface area contributed by atoms with Crippen molar-refractivity contribution in [2.45, 2.75) is 45.8 Å². The first-order chi connectivity index (χ1) is 13.8. The SMILES string of the molecule is Cc1ccc(-n2c(C)nnc2SCC(=O)N2CCN(C(=O)C(C)C)C(C)C2)cc1. The molecule has 1 aliphatic heterocycles. The molecule has 0 spiro atoms. The van der Waals surface area contributed by atoms with Crippen LogP contribution in [0.4, 0.5) is 0 Å². The van der Waals surface area contributed by atoms with Gasteiger partial charge in [-0.25, -0.2) is 0 Å². The van der Waals surface area contributed by atoms with Crippen molar-refractivity contribution in [1.82, 2.24) is 24.6 Å². The lowest BCUT2D eigenvalue weighted by Gasteiger charge is -2.40. The summed E-state index contributed by atoms with van der Waals surface area (Å²) in [5.41, 5.74) is 2.18. The molecule has 1 atom stereocenters. The zero-order valence-corrected chi connectivity index (χ0v) is 18.6.